The third kappa shape index (κ3) is 3.08. The number of halogens is 1. The highest BCUT2D eigenvalue weighted by atomic mass is 19.1. The summed E-state index contributed by atoms with van der Waals surface area (Å²) in [6, 6.07) is 6.49. The number of hydrogen-bond acceptors (Lipinski definition) is 6. The predicted octanol–water partition coefficient (Wildman–Crippen LogP) is 3.63. The summed E-state index contributed by atoms with van der Waals surface area (Å²) in [6.45, 7) is 1.98. The number of benzene rings is 1. The Morgan fingerprint density at radius 2 is 2.16 bits per heavy atom. The van der Waals surface area contributed by atoms with Gasteiger partial charge in [0.15, 0.2) is 11.3 Å². The topological polar surface area (TPSA) is 110 Å². The van der Waals surface area contributed by atoms with Gasteiger partial charge in [0.2, 0.25) is 5.95 Å². The zero-order chi connectivity index (χ0) is 21.7. The first kappa shape index (κ1) is 18.8. The van der Waals surface area contributed by atoms with Crippen LogP contribution in [0.15, 0.2) is 47.3 Å². The highest BCUT2D eigenvalue weighted by Gasteiger charge is 2.19. The maximum atomic E-state index is 14.4. The van der Waals surface area contributed by atoms with Crippen LogP contribution in [0.3, 0.4) is 0 Å². The number of aromatic nitrogens is 5. The van der Waals surface area contributed by atoms with Crippen LogP contribution >= 0.6 is 0 Å². The van der Waals surface area contributed by atoms with Gasteiger partial charge in [0.05, 0.1) is 23.2 Å². The molecule has 0 amide bonds. The number of hydrogen-bond donors (Lipinski definition) is 2. The number of aromatic carboxylic acids is 1. The molecule has 4 aromatic heterocycles. The molecule has 0 radical (unpaired) electrons. The third-order valence-corrected chi connectivity index (χ3v) is 5.10. The van der Waals surface area contributed by atoms with Gasteiger partial charge in [-0.3, -0.25) is 9.08 Å². The molecule has 0 bridgehead atoms. The Bertz CT molecular complexity index is 1470. The van der Waals surface area contributed by atoms with Crippen molar-refractivity contribution in [3.8, 4) is 11.3 Å². The van der Waals surface area contributed by atoms with Crippen molar-refractivity contribution >= 4 is 28.5 Å². The van der Waals surface area contributed by atoms with Crippen molar-refractivity contribution in [1.29, 1.82) is 0 Å². The molecule has 10 heteroatoms. The van der Waals surface area contributed by atoms with Crippen molar-refractivity contribution in [2.24, 2.45) is 7.05 Å². The molecule has 0 saturated carbocycles. The maximum absolute atomic E-state index is 14.4. The smallest absolute Gasteiger partial charge is 0.356 e. The van der Waals surface area contributed by atoms with E-state index in [0.717, 1.165) is 11.4 Å². The molecular formula is C21H17FN6O3. The Morgan fingerprint density at radius 1 is 1.32 bits per heavy atom. The number of furan rings is 1. The van der Waals surface area contributed by atoms with Gasteiger partial charge in [0, 0.05) is 36.9 Å². The number of carbonyl (C=O) groups is 1. The Hall–Kier alpha value is -4.21. The first-order valence-corrected chi connectivity index (χ1v) is 9.43. The zero-order valence-electron chi connectivity index (χ0n) is 16.6. The highest BCUT2D eigenvalue weighted by Crippen LogP contribution is 2.27. The van der Waals surface area contributed by atoms with Gasteiger partial charge in [-0.05, 0) is 31.2 Å². The zero-order valence-corrected chi connectivity index (χ0v) is 16.6. The summed E-state index contributed by atoms with van der Waals surface area (Å²) < 4.78 is 23.0. The SMILES string of the molecule is Cc1cc(-c2cnc(NCc3c(F)ccc4occc34)n3cc(C(=O)O)nc23)n(C)n1. The summed E-state index contributed by atoms with van der Waals surface area (Å²) in [5, 5.41) is 17.5. The molecule has 1 aromatic carbocycles. The summed E-state index contributed by atoms with van der Waals surface area (Å²) >= 11 is 0. The maximum Gasteiger partial charge on any atom is 0.356 e. The Morgan fingerprint density at radius 3 is 2.90 bits per heavy atom. The predicted molar refractivity (Wildman–Crippen MR) is 110 cm³/mol. The number of imidazole rings is 1. The molecule has 0 aliphatic heterocycles. The molecule has 156 valence electrons. The lowest BCUT2D eigenvalue weighted by Gasteiger charge is -2.11. The van der Waals surface area contributed by atoms with E-state index in [0.29, 0.717) is 33.7 Å². The van der Waals surface area contributed by atoms with Crippen molar-refractivity contribution in [3.63, 3.8) is 0 Å². The van der Waals surface area contributed by atoms with E-state index in [4.69, 9.17) is 4.42 Å². The van der Waals surface area contributed by atoms with Crippen LogP contribution in [0.1, 0.15) is 21.7 Å². The standard InChI is InChI=1S/C21H17FN6O3/c1-11-7-17(27(2)26-11)14-9-24-21(28-10-16(20(29)30)25-19(14)28)23-8-13-12-5-6-31-18(12)4-3-15(13)22/h3-7,9-10H,8H2,1-2H3,(H,23,24)(H,29,30). The largest absolute Gasteiger partial charge is 0.476 e. The third-order valence-electron chi connectivity index (χ3n) is 5.10. The molecule has 4 heterocycles. The van der Waals surface area contributed by atoms with E-state index >= 15 is 0 Å². The van der Waals surface area contributed by atoms with Crippen molar-refractivity contribution < 1.29 is 18.7 Å². The van der Waals surface area contributed by atoms with Crippen LogP contribution in [-0.4, -0.2) is 35.2 Å². The quantitative estimate of drug-likeness (QED) is 0.447. The van der Waals surface area contributed by atoms with E-state index in [1.54, 1.807) is 34.5 Å². The highest BCUT2D eigenvalue weighted by molar-refractivity contribution is 5.88. The fourth-order valence-electron chi connectivity index (χ4n) is 3.68. The van der Waals surface area contributed by atoms with Crippen molar-refractivity contribution in [1.82, 2.24) is 24.1 Å². The molecule has 5 rings (SSSR count). The Kier molecular flexibility index (Phi) is 4.21. The Labute approximate surface area is 174 Å². The summed E-state index contributed by atoms with van der Waals surface area (Å²) in [7, 11) is 1.79. The lowest BCUT2D eigenvalue weighted by atomic mass is 10.1. The molecule has 0 atom stereocenters. The molecule has 0 aliphatic carbocycles. The molecule has 2 N–H and O–H groups in total. The summed E-state index contributed by atoms with van der Waals surface area (Å²) in [5.74, 6) is -1.20. The van der Waals surface area contributed by atoms with Gasteiger partial charge in [0.1, 0.15) is 11.4 Å². The minimum absolute atomic E-state index is 0.121. The van der Waals surface area contributed by atoms with Gasteiger partial charge in [-0.25, -0.2) is 19.2 Å². The number of anilines is 1. The fraction of sp³-hybridized carbons (Fsp3) is 0.143. The number of nitrogens with zero attached hydrogens (tertiary/aromatic N) is 5. The van der Waals surface area contributed by atoms with Gasteiger partial charge in [-0.1, -0.05) is 0 Å². The molecule has 0 fully saturated rings. The second-order valence-electron chi connectivity index (χ2n) is 7.13. The van der Waals surface area contributed by atoms with E-state index in [1.165, 1.54) is 18.5 Å². The first-order chi connectivity index (χ1) is 14.9. The summed E-state index contributed by atoms with van der Waals surface area (Å²) in [5.41, 5.74) is 3.47. The molecule has 5 aromatic rings. The lowest BCUT2D eigenvalue weighted by Crippen LogP contribution is -2.08. The van der Waals surface area contributed by atoms with Crippen molar-refractivity contribution in [2.75, 3.05) is 5.32 Å². The normalized spacial score (nSPS) is 11.5. The second kappa shape index (κ2) is 6.94. The number of nitrogens with one attached hydrogen (secondary N) is 1. The molecule has 0 saturated heterocycles. The van der Waals surface area contributed by atoms with Crippen LogP contribution in [0, 0.1) is 12.7 Å². The molecule has 0 aliphatic rings. The van der Waals surface area contributed by atoms with Crippen LogP contribution in [0.25, 0.3) is 27.9 Å². The van der Waals surface area contributed by atoms with Crippen LogP contribution < -0.4 is 5.32 Å². The number of fused-ring (bicyclic) bond motifs is 2. The monoisotopic (exact) mass is 420 g/mol. The van der Waals surface area contributed by atoms with E-state index in [2.05, 4.69) is 20.4 Å². The van der Waals surface area contributed by atoms with Gasteiger partial charge < -0.3 is 14.8 Å². The number of carboxylic acid groups (broad SMARTS) is 1. The van der Waals surface area contributed by atoms with Gasteiger partial charge in [-0.15, -0.1) is 0 Å². The van der Waals surface area contributed by atoms with E-state index < -0.39 is 5.97 Å². The molecule has 0 unspecified atom stereocenters. The summed E-state index contributed by atoms with van der Waals surface area (Å²) in [4.78, 5) is 20.3. The van der Waals surface area contributed by atoms with Crippen LogP contribution in [0.4, 0.5) is 10.3 Å². The Balaban J connectivity index is 1.60. The van der Waals surface area contributed by atoms with Gasteiger partial charge in [-0.2, -0.15) is 5.10 Å². The minimum Gasteiger partial charge on any atom is -0.476 e. The first-order valence-electron chi connectivity index (χ1n) is 9.43. The van der Waals surface area contributed by atoms with E-state index in [1.807, 2.05) is 13.0 Å². The number of carboxylic acids is 1. The lowest BCUT2D eigenvalue weighted by molar-refractivity contribution is 0.0691. The minimum atomic E-state index is -1.16. The average molecular weight is 420 g/mol. The van der Waals surface area contributed by atoms with Crippen LogP contribution in [0.5, 0.6) is 0 Å². The molecule has 31 heavy (non-hydrogen) atoms. The summed E-state index contributed by atoms with van der Waals surface area (Å²) in [6.07, 6.45) is 4.49. The number of aryl methyl sites for hydroxylation is 2. The average Bonchev–Trinajstić information content (AvgIpc) is 3.45. The number of rotatable bonds is 5. The van der Waals surface area contributed by atoms with E-state index in [9.17, 15) is 14.3 Å². The molecule has 9 nitrogen and oxygen atoms in total. The fourth-order valence-corrected chi connectivity index (χ4v) is 3.68. The van der Waals surface area contributed by atoms with Crippen LogP contribution in [0.2, 0.25) is 0 Å². The molecular weight excluding hydrogens is 403 g/mol. The van der Waals surface area contributed by atoms with Crippen molar-refractivity contribution in [3.05, 3.63) is 65.7 Å². The molecule has 0 spiro atoms. The second-order valence-corrected chi connectivity index (χ2v) is 7.13. The van der Waals surface area contributed by atoms with Gasteiger partial charge >= 0.3 is 5.97 Å². The van der Waals surface area contributed by atoms with Crippen molar-refractivity contribution in [2.45, 2.75) is 13.5 Å². The van der Waals surface area contributed by atoms with E-state index in [-0.39, 0.29) is 18.1 Å². The van der Waals surface area contributed by atoms with Crippen LogP contribution in [-0.2, 0) is 13.6 Å². The van der Waals surface area contributed by atoms with Gasteiger partial charge in [0.25, 0.3) is 0 Å².